The van der Waals surface area contributed by atoms with Crippen molar-refractivity contribution in [1.82, 2.24) is 15.6 Å². The van der Waals surface area contributed by atoms with Crippen LogP contribution in [-0.4, -0.2) is 30.0 Å². The van der Waals surface area contributed by atoms with E-state index in [-0.39, 0.29) is 17.6 Å². The Kier molecular flexibility index (Phi) is 2.41. The molecule has 0 aliphatic carbocycles. The van der Waals surface area contributed by atoms with Crippen LogP contribution in [0.15, 0.2) is 18.3 Å². The van der Waals surface area contributed by atoms with Crippen molar-refractivity contribution in [3.8, 4) is 0 Å². The molecule has 74 valence electrons. The minimum Gasteiger partial charge on any atom is -0.345 e. The standard InChI is InChI=1S/C9H10FN3O/c10-6-1-2-8(12-3-6)9(14)13-7-4-11-5-7/h1-3,7,11H,4-5H2,(H,13,14). The van der Waals surface area contributed by atoms with Gasteiger partial charge >= 0.3 is 0 Å². The Morgan fingerprint density at radius 1 is 1.57 bits per heavy atom. The Bertz CT molecular complexity index is 334. The minimum absolute atomic E-state index is 0.175. The molecule has 2 heterocycles. The van der Waals surface area contributed by atoms with E-state index in [0.29, 0.717) is 0 Å². The second kappa shape index (κ2) is 3.71. The van der Waals surface area contributed by atoms with E-state index in [1.165, 1.54) is 12.1 Å². The molecule has 14 heavy (non-hydrogen) atoms. The number of aromatic nitrogens is 1. The van der Waals surface area contributed by atoms with E-state index in [1.54, 1.807) is 0 Å². The van der Waals surface area contributed by atoms with Crippen LogP contribution in [0.25, 0.3) is 0 Å². The van der Waals surface area contributed by atoms with Gasteiger partial charge in [-0.05, 0) is 12.1 Å². The smallest absolute Gasteiger partial charge is 0.270 e. The molecule has 1 fully saturated rings. The number of halogens is 1. The van der Waals surface area contributed by atoms with Crippen LogP contribution in [0.3, 0.4) is 0 Å². The third-order valence-corrected chi connectivity index (χ3v) is 2.08. The molecule has 0 saturated carbocycles. The average molecular weight is 195 g/mol. The highest BCUT2D eigenvalue weighted by atomic mass is 19.1. The summed E-state index contributed by atoms with van der Waals surface area (Å²) in [6.07, 6.45) is 1.04. The van der Waals surface area contributed by atoms with Crippen LogP contribution in [-0.2, 0) is 0 Å². The maximum atomic E-state index is 12.5. The normalized spacial score (nSPS) is 16.1. The quantitative estimate of drug-likeness (QED) is 0.694. The second-order valence-corrected chi connectivity index (χ2v) is 3.19. The number of pyridine rings is 1. The molecule has 0 aromatic carbocycles. The molecule has 0 radical (unpaired) electrons. The molecule has 4 nitrogen and oxygen atoms in total. The molecule has 5 heteroatoms. The first-order chi connectivity index (χ1) is 6.75. The van der Waals surface area contributed by atoms with Crippen molar-refractivity contribution in [3.63, 3.8) is 0 Å². The van der Waals surface area contributed by atoms with E-state index in [2.05, 4.69) is 15.6 Å². The number of nitrogens with zero attached hydrogens (tertiary/aromatic N) is 1. The SMILES string of the molecule is O=C(NC1CNC1)c1ccc(F)cn1. The lowest BCUT2D eigenvalue weighted by molar-refractivity contribution is 0.0919. The van der Waals surface area contributed by atoms with Gasteiger partial charge in [0.25, 0.3) is 5.91 Å². The molecule has 0 atom stereocenters. The topological polar surface area (TPSA) is 54.0 Å². The summed E-state index contributed by atoms with van der Waals surface area (Å²) >= 11 is 0. The van der Waals surface area contributed by atoms with Crippen LogP contribution < -0.4 is 10.6 Å². The molecular weight excluding hydrogens is 185 g/mol. The van der Waals surface area contributed by atoms with Gasteiger partial charge in [0.2, 0.25) is 0 Å². The fourth-order valence-electron chi connectivity index (χ4n) is 1.16. The van der Waals surface area contributed by atoms with Gasteiger partial charge in [0, 0.05) is 13.1 Å². The Morgan fingerprint density at radius 3 is 2.86 bits per heavy atom. The maximum Gasteiger partial charge on any atom is 0.270 e. The lowest BCUT2D eigenvalue weighted by atomic mass is 10.2. The number of hydrogen-bond acceptors (Lipinski definition) is 3. The predicted octanol–water partition coefficient (Wildman–Crippen LogP) is -0.0777. The van der Waals surface area contributed by atoms with Gasteiger partial charge in [-0.1, -0.05) is 0 Å². The van der Waals surface area contributed by atoms with Crippen LogP contribution in [0, 0.1) is 5.82 Å². The summed E-state index contributed by atoms with van der Waals surface area (Å²) in [6.45, 7) is 1.57. The van der Waals surface area contributed by atoms with Crippen molar-refractivity contribution >= 4 is 5.91 Å². The highest BCUT2D eigenvalue weighted by Crippen LogP contribution is 1.99. The summed E-state index contributed by atoms with van der Waals surface area (Å²) in [4.78, 5) is 15.1. The first kappa shape index (κ1) is 9.08. The van der Waals surface area contributed by atoms with Crippen LogP contribution in [0.4, 0.5) is 4.39 Å². The molecule has 2 rings (SSSR count). The number of nitrogens with one attached hydrogen (secondary N) is 2. The zero-order chi connectivity index (χ0) is 9.97. The number of carbonyl (C=O) groups is 1. The van der Waals surface area contributed by atoms with Crippen molar-refractivity contribution in [2.75, 3.05) is 13.1 Å². The third-order valence-electron chi connectivity index (χ3n) is 2.08. The molecule has 0 spiro atoms. The lowest BCUT2D eigenvalue weighted by Gasteiger charge is -2.27. The van der Waals surface area contributed by atoms with E-state index < -0.39 is 5.82 Å². The predicted molar refractivity (Wildman–Crippen MR) is 48.3 cm³/mol. The molecule has 1 aliphatic rings. The zero-order valence-corrected chi connectivity index (χ0v) is 7.46. The molecule has 0 unspecified atom stereocenters. The Labute approximate surface area is 80.5 Å². The Morgan fingerprint density at radius 2 is 2.36 bits per heavy atom. The van der Waals surface area contributed by atoms with E-state index >= 15 is 0 Å². The maximum absolute atomic E-state index is 12.5. The molecule has 1 aromatic rings. The monoisotopic (exact) mass is 195 g/mol. The van der Waals surface area contributed by atoms with Crippen LogP contribution in [0.2, 0.25) is 0 Å². The molecule has 2 N–H and O–H groups in total. The van der Waals surface area contributed by atoms with Crippen molar-refractivity contribution < 1.29 is 9.18 Å². The van der Waals surface area contributed by atoms with E-state index in [9.17, 15) is 9.18 Å². The van der Waals surface area contributed by atoms with Gasteiger partial charge in [-0.15, -0.1) is 0 Å². The van der Waals surface area contributed by atoms with Crippen molar-refractivity contribution in [2.24, 2.45) is 0 Å². The lowest BCUT2D eigenvalue weighted by Crippen LogP contribution is -2.57. The van der Waals surface area contributed by atoms with Gasteiger partial charge < -0.3 is 10.6 Å². The number of amides is 1. The van der Waals surface area contributed by atoms with Crippen molar-refractivity contribution in [3.05, 3.63) is 29.8 Å². The van der Waals surface area contributed by atoms with Crippen molar-refractivity contribution in [1.29, 1.82) is 0 Å². The summed E-state index contributed by atoms with van der Waals surface area (Å²) in [5, 5.41) is 5.80. The fourth-order valence-corrected chi connectivity index (χ4v) is 1.16. The first-order valence-corrected chi connectivity index (χ1v) is 4.39. The molecule has 1 aromatic heterocycles. The minimum atomic E-state index is -0.438. The molecule has 1 aliphatic heterocycles. The van der Waals surface area contributed by atoms with Gasteiger partial charge in [0.05, 0.1) is 12.2 Å². The molecule has 1 amide bonds. The Hall–Kier alpha value is -1.49. The molecular formula is C9H10FN3O. The summed E-state index contributed by atoms with van der Waals surface area (Å²) in [5.41, 5.74) is 0.248. The summed E-state index contributed by atoms with van der Waals surface area (Å²) in [6, 6.07) is 2.77. The number of hydrogen-bond donors (Lipinski definition) is 2. The first-order valence-electron chi connectivity index (χ1n) is 4.39. The van der Waals surface area contributed by atoms with Crippen LogP contribution in [0.5, 0.6) is 0 Å². The van der Waals surface area contributed by atoms with E-state index in [4.69, 9.17) is 0 Å². The van der Waals surface area contributed by atoms with Crippen LogP contribution >= 0.6 is 0 Å². The second-order valence-electron chi connectivity index (χ2n) is 3.19. The van der Waals surface area contributed by atoms with Crippen LogP contribution in [0.1, 0.15) is 10.5 Å². The summed E-state index contributed by atoms with van der Waals surface area (Å²) in [5.74, 6) is -0.691. The number of carbonyl (C=O) groups excluding carboxylic acids is 1. The third kappa shape index (κ3) is 1.88. The molecule has 1 saturated heterocycles. The zero-order valence-electron chi connectivity index (χ0n) is 7.46. The molecule has 0 bridgehead atoms. The van der Waals surface area contributed by atoms with Gasteiger partial charge in [0.15, 0.2) is 0 Å². The van der Waals surface area contributed by atoms with Gasteiger partial charge in [-0.3, -0.25) is 4.79 Å². The highest BCUT2D eigenvalue weighted by molar-refractivity contribution is 5.92. The average Bonchev–Trinajstić information content (AvgIpc) is 2.12. The highest BCUT2D eigenvalue weighted by Gasteiger charge is 2.19. The summed E-state index contributed by atoms with van der Waals surface area (Å²) in [7, 11) is 0. The number of rotatable bonds is 2. The largest absolute Gasteiger partial charge is 0.345 e. The Balaban J connectivity index is 1.99. The van der Waals surface area contributed by atoms with E-state index in [0.717, 1.165) is 19.3 Å². The fraction of sp³-hybridized carbons (Fsp3) is 0.333. The van der Waals surface area contributed by atoms with Gasteiger partial charge in [-0.25, -0.2) is 9.37 Å². The van der Waals surface area contributed by atoms with Crippen molar-refractivity contribution in [2.45, 2.75) is 6.04 Å². The van der Waals surface area contributed by atoms with Gasteiger partial charge in [0.1, 0.15) is 11.5 Å². The van der Waals surface area contributed by atoms with E-state index in [1.807, 2.05) is 0 Å². The summed E-state index contributed by atoms with van der Waals surface area (Å²) < 4.78 is 12.5. The van der Waals surface area contributed by atoms with Gasteiger partial charge in [-0.2, -0.15) is 0 Å².